The highest BCUT2D eigenvalue weighted by Gasteiger charge is 2.10. The minimum Gasteiger partial charge on any atom is -0.472 e. The van der Waals surface area contributed by atoms with Gasteiger partial charge in [-0.1, -0.05) is 11.6 Å². The molecule has 4 nitrogen and oxygen atoms in total. The molecule has 0 saturated heterocycles. The van der Waals surface area contributed by atoms with Crippen molar-refractivity contribution in [3.8, 4) is 0 Å². The van der Waals surface area contributed by atoms with Crippen LogP contribution in [0.15, 0.2) is 23.0 Å². The van der Waals surface area contributed by atoms with Gasteiger partial charge in [0.1, 0.15) is 5.15 Å². The Morgan fingerprint density at radius 1 is 1.32 bits per heavy atom. The molecule has 19 heavy (non-hydrogen) atoms. The highest BCUT2D eigenvalue weighted by Crippen LogP contribution is 2.19. The Morgan fingerprint density at radius 2 is 2.11 bits per heavy atom. The minimum absolute atomic E-state index is 0.193. The molecule has 0 aliphatic heterocycles. The molecule has 0 unspecified atom stereocenters. The second-order valence-electron chi connectivity index (χ2n) is 4.47. The van der Waals surface area contributed by atoms with E-state index in [-0.39, 0.29) is 5.28 Å². The molecule has 0 aliphatic carbocycles. The summed E-state index contributed by atoms with van der Waals surface area (Å²) in [5.41, 5.74) is 2.93. The van der Waals surface area contributed by atoms with Crippen molar-refractivity contribution in [1.29, 1.82) is 0 Å². The fourth-order valence-corrected chi connectivity index (χ4v) is 2.45. The van der Waals surface area contributed by atoms with Crippen molar-refractivity contribution in [1.82, 2.24) is 14.9 Å². The molecule has 0 bridgehead atoms. The van der Waals surface area contributed by atoms with E-state index >= 15 is 0 Å². The van der Waals surface area contributed by atoms with Gasteiger partial charge in [0.05, 0.1) is 12.5 Å². The summed E-state index contributed by atoms with van der Waals surface area (Å²) < 4.78 is 5.05. The Labute approximate surface area is 122 Å². The first-order valence-electron chi connectivity index (χ1n) is 5.94. The zero-order chi connectivity index (χ0) is 13.8. The fraction of sp³-hybridized carbons (Fsp3) is 0.385. The molecule has 102 valence electrons. The molecular formula is C13H15Cl2N3O. The second-order valence-corrected chi connectivity index (χ2v) is 5.16. The standard InChI is InChI=1S/C13H15Cl2N3O/c1-9-11(12(14)17-13(15)16-9)3-5-18(2)7-10-4-6-19-8-10/h4,6,8H,3,5,7H2,1-2H3. The smallest absolute Gasteiger partial charge is 0.224 e. The van der Waals surface area contributed by atoms with Crippen LogP contribution >= 0.6 is 23.2 Å². The van der Waals surface area contributed by atoms with Gasteiger partial charge in [-0.25, -0.2) is 9.97 Å². The Balaban J connectivity index is 1.95. The van der Waals surface area contributed by atoms with Crippen LogP contribution in [0, 0.1) is 6.92 Å². The third kappa shape index (κ3) is 3.93. The van der Waals surface area contributed by atoms with Gasteiger partial charge < -0.3 is 9.32 Å². The zero-order valence-electron chi connectivity index (χ0n) is 10.9. The lowest BCUT2D eigenvalue weighted by Gasteiger charge is -2.16. The summed E-state index contributed by atoms with van der Waals surface area (Å²) in [6.45, 7) is 3.59. The summed E-state index contributed by atoms with van der Waals surface area (Å²) in [4.78, 5) is 10.3. The van der Waals surface area contributed by atoms with Gasteiger partial charge in [0, 0.05) is 29.9 Å². The normalized spacial score (nSPS) is 11.2. The molecule has 0 radical (unpaired) electrons. The number of aromatic nitrogens is 2. The minimum atomic E-state index is 0.193. The van der Waals surface area contributed by atoms with Crippen molar-refractivity contribution in [3.05, 3.63) is 45.9 Å². The van der Waals surface area contributed by atoms with Crippen molar-refractivity contribution in [3.63, 3.8) is 0 Å². The van der Waals surface area contributed by atoms with E-state index in [0.29, 0.717) is 5.15 Å². The van der Waals surface area contributed by atoms with Gasteiger partial charge in [0.25, 0.3) is 0 Å². The molecule has 0 aliphatic rings. The monoisotopic (exact) mass is 299 g/mol. The van der Waals surface area contributed by atoms with Crippen LogP contribution in [0.25, 0.3) is 0 Å². The molecule has 0 N–H and O–H groups in total. The van der Waals surface area contributed by atoms with Gasteiger partial charge in [-0.05, 0) is 38.1 Å². The molecule has 0 spiro atoms. The number of rotatable bonds is 5. The van der Waals surface area contributed by atoms with E-state index in [9.17, 15) is 0 Å². The second kappa shape index (κ2) is 6.37. The number of likely N-dealkylation sites (N-methyl/N-ethyl adjacent to an activating group) is 1. The molecule has 0 atom stereocenters. The van der Waals surface area contributed by atoms with Crippen LogP contribution in [-0.2, 0) is 13.0 Å². The van der Waals surface area contributed by atoms with E-state index < -0.39 is 0 Å². The van der Waals surface area contributed by atoms with E-state index in [2.05, 4.69) is 14.9 Å². The lowest BCUT2D eigenvalue weighted by atomic mass is 10.1. The molecule has 2 aromatic heterocycles. The average Bonchev–Trinajstić information content (AvgIpc) is 2.80. The van der Waals surface area contributed by atoms with Crippen LogP contribution in [0.2, 0.25) is 10.4 Å². The molecular weight excluding hydrogens is 285 g/mol. The van der Waals surface area contributed by atoms with Crippen molar-refractivity contribution in [2.24, 2.45) is 0 Å². The quantitative estimate of drug-likeness (QED) is 0.627. The van der Waals surface area contributed by atoms with Crippen LogP contribution < -0.4 is 0 Å². The largest absolute Gasteiger partial charge is 0.472 e. The maximum absolute atomic E-state index is 6.09. The van der Waals surface area contributed by atoms with Crippen LogP contribution in [0.4, 0.5) is 0 Å². The molecule has 0 aromatic carbocycles. The molecule has 0 amide bonds. The predicted molar refractivity (Wildman–Crippen MR) is 75.5 cm³/mol. The molecule has 2 aromatic rings. The van der Waals surface area contributed by atoms with E-state index in [0.717, 1.165) is 36.3 Å². The molecule has 6 heteroatoms. The number of hydrogen-bond acceptors (Lipinski definition) is 4. The fourth-order valence-electron chi connectivity index (χ4n) is 1.89. The van der Waals surface area contributed by atoms with Gasteiger partial charge in [-0.3, -0.25) is 0 Å². The van der Waals surface area contributed by atoms with Crippen molar-refractivity contribution >= 4 is 23.2 Å². The zero-order valence-corrected chi connectivity index (χ0v) is 12.4. The average molecular weight is 300 g/mol. The number of nitrogens with zero attached hydrogens (tertiary/aromatic N) is 3. The number of furan rings is 1. The highest BCUT2D eigenvalue weighted by atomic mass is 35.5. The van der Waals surface area contributed by atoms with E-state index in [1.54, 1.807) is 12.5 Å². The molecule has 2 rings (SSSR count). The number of hydrogen-bond donors (Lipinski definition) is 0. The van der Waals surface area contributed by atoms with E-state index in [1.807, 2.05) is 20.0 Å². The first kappa shape index (κ1) is 14.3. The topological polar surface area (TPSA) is 42.2 Å². The lowest BCUT2D eigenvalue weighted by Crippen LogP contribution is -2.21. The predicted octanol–water partition coefficient (Wildman–Crippen LogP) is 3.36. The van der Waals surface area contributed by atoms with Crippen molar-refractivity contribution in [2.75, 3.05) is 13.6 Å². The van der Waals surface area contributed by atoms with Crippen LogP contribution in [-0.4, -0.2) is 28.5 Å². The van der Waals surface area contributed by atoms with Gasteiger partial charge in [0.15, 0.2) is 0 Å². The maximum atomic E-state index is 6.09. The SMILES string of the molecule is Cc1nc(Cl)nc(Cl)c1CCN(C)Cc1ccoc1. The molecule has 0 saturated carbocycles. The number of halogens is 2. The Morgan fingerprint density at radius 3 is 2.74 bits per heavy atom. The first-order chi connectivity index (χ1) is 9.06. The maximum Gasteiger partial charge on any atom is 0.224 e. The lowest BCUT2D eigenvalue weighted by molar-refractivity contribution is 0.329. The Hall–Kier alpha value is -1.10. The van der Waals surface area contributed by atoms with Gasteiger partial charge in [0.2, 0.25) is 5.28 Å². The van der Waals surface area contributed by atoms with Crippen LogP contribution in [0.1, 0.15) is 16.8 Å². The first-order valence-corrected chi connectivity index (χ1v) is 6.70. The molecule has 2 heterocycles. The van der Waals surface area contributed by atoms with Crippen LogP contribution in [0.5, 0.6) is 0 Å². The van der Waals surface area contributed by atoms with Gasteiger partial charge in [-0.15, -0.1) is 0 Å². The summed E-state index contributed by atoms with van der Waals surface area (Å²) in [7, 11) is 2.05. The summed E-state index contributed by atoms with van der Waals surface area (Å²) in [6, 6.07) is 1.96. The van der Waals surface area contributed by atoms with Crippen molar-refractivity contribution < 1.29 is 4.42 Å². The molecule has 0 fully saturated rings. The highest BCUT2D eigenvalue weighted by molar-refractivity contribution is 6.32. The summed E-state index contributed by atoms with van der Waals surface area (Å²) in [5, 5.41) is 0.632. The van der Waals surface area contributed by atoms with Gasteiger partial charge >= 0.3 is 0 Å². The third-order valence-corrected chi connectivity index (χ3v) is 3.39. The Kier molecular flexibility index (Phi) is 4.80. The summed E-state index contributed by atoms with van der Waals surface area (Å²) in [6.07, 6.45) is 4.22. The van der Waals surface area contributed by atoms with E-state index in [4.69, 9.17) is 27.6 Å². The van der Waals surface area contributed by atoms with Crippen molar-refractivity contribution in [2.45, 2.75) is 19.9 Å². The third-order valence-electron chi connectivity index (χ3n) is 2.91. The van der Waals surface area contributed by atoms with E-state index in [1.165, 1.54) is 0 Å². The van der Waals surface area contributed by atoms with Gasteiger partial charge in [-0.2, -0.15) is 0 Å². The summed E-state index contributed by atoms with van der Waals surface area (Å²) in [5.74, 6) is 0. The summed E-state index contributed by atoms with van der Waals surface area (Å²) >= 11 is 11.8. The Bertz CT molecular complexity index is 520. The van der Waals surface area contributed by atoms with Crippen LogP contribution in [0.3, 0.4) is 0 Å². The number of aryl methyl sites for hydroxylation is 1.